The zero-order valence-electron chi connectivity index (χ0n) is 12.7. The number of nitrogens with one attached hydrogen (secondary N) is 1. The van der Waals surface area contributed by atoms with Crippen LogP contribution in [0.5, 0.6) is 0 Å². The second-order valence-electron chi connectivity index (χ2n) is 5.33. The Labute approximate surface area is 139 Å². The molecule has 1 aromatic heterocycles. The Kier molecular flexibility index (Phi) is 4.62. The molecule has 3 rings (SSSR count). The van der Waals surface area contributed by atoms with Gasteiger partial charge in [0, 0.05) is 29.7 Å². The van der Waals surface area contributed by atoms with E-state index in [2.05, 4.69) is 10.3 Å². The maximum Gasteiger partial charge on any atom is 0.229 e. The summed E-state index contributed by atoms with van der Waals surface area (Å²) in [6.45, 7) is 0.406. The molecule has 0 spiro atoms. The van der Waals surface area contributed by atoms with E-state index in [4.69, 9.17) is 0 Å². The summed E-state index contributed by atoms with van der Waals surface area (Å²) in [5, 5.41) is 2.81. The minimum atomic E-state index is -0.345. The number of hydrogen-bond donors (Lipinski definition) is 1. The smallest absolute Gasteiger partial charge is 0.229 e. The first-order valence-corrected chi connectivity index (χ1v) is 8.55. The van der Waals surface area contributed by atoms with Crippen LogP contribution in [0.25, 0.3) is 0 Å². The van der Waals surface area contributed by atoms with Crippen LogP contribution in [0.15, 0.2) is 53.7 Å². The minimum Gasteiger partial charge on any atom is -0.324 e. The molecule has 0 bridgehead atoms. The molecular formula is C17H17N3O2S. The molecule has 118 valence electrons. The van der Waals surface area contributed by atoms with E-state index in [1.54, 1.807) is 41.2 Å². The van der Waals surface area contributed by atoms with E-state index in [0.717, 1.165) is 10.6 Å². The fourth-order valence-corrected chi connectivity index (χ4v) is 2.98. The molecule has 0 radical (unpaired) electrons. The summed E-state index contributed by atoms with van der Waals surface area (Å²) < 4.78 is 0. The van der Waals surface area contributed by atoms with E-state index in [1.165, 1.54) is 0 Å². The first-order chi connectivity index (χ1) is 11.2. The molecule has 1 saturated heterocycles. The van der Waals surface area contributed by atoms with Crippen LogP contribution in [0, 0.1) is 5.92 Å². The van der Waals surface area contributed by atoms with Crippen LogP contribution in [0.3, 0.4) is 0 Å². The zero-order chi connectivity index (χ0) is 16.2. The first kappa shape index (κ1) is 15.6. The number of carbonyl (C=O) groups is 2. The van der Waals surface area contributed by atoms with Gasteiger partial charge in [0.2, 0.25) is 11.8 Å². The van der Waals surface area contributed by atoms with Crippen LogP contribution in [-0.4, -0.2) is 29.6 Å². The van der Waals surface area contributed by atoms with Crippen molar-refractivity contribution in [3.63, 3.8) is 0 Å². The average Bonchev–Trinajstić information content (AvgIpc) is 2.98. The van der Waals surface area contributed by atoms with Crippen molar-refractivity contribution in [1.29, 1.82) is 0 Å². The molecule has 1 aliphatic heterocycles. The molecule has 6 heteroatoms. The van der Waals surface area contributed by atoms with E-state index < -0.39 is 0 Å². The Morgan fingerprint density at radius 1 is 1.30 bits per heavy atom. The summed E-state index contributed by atoms with van der Waals surface area (Å²) in [6.07, 6.45) is 5.48. The fraction of sp³-hybridized carbons (Fsp3) is 0.235. The van der Waals surface area contributed by atoms with E-state index in [-0.39, 0.29) is 24.2 Å². The van der Waals surface area contributed by atoms with Crippen LogP contribution in [-0.2, 0) is 9.59 Å². The highest BCUT2D eigenvalue weighted by molar-refractivity contribution is 7.98. The quantitative estimate of drug-likeness (QED) is 0.877. The maximum atomic E-state index is 12.3. The third-order valence-corrected chi connectivity index (χ3v) is 4.55. The Morgan fingerprint density at radius 2 is 2.09 bits per heavy atom. The number of hydrogen-bond acceptors (Lipinski definition) is 4. The average molecular weight is 327 g/mol. The molecule has 1 unspecified atom stereocenters. The summed E-state index contributed by atoms with van der Waals surface area (Å²) in [4.78, 5) is 31.3. The van der Waals surface area contributed by atoms with Gasteiger partial charge in [-0.05, 0) is 42.7 Å². The third-order valence-electron chi connectivity index (χ3n) is 3.81. The molecule has 1 aliphatic rings. The molecule has 1 N–H and O–H groups in total. The van der Waals surface area contributed by atoms with E-state index in [0.29, 0.717) is 12.2 Å². The van der Waals surface area contributed by atoms with Gasteiger partial charge in [-0.1, -0.05) is 0 Å². The van der Waals surface area contributed by atoms with Gasteiger partial charge < -0.3 is 10.2 Å². The summed E-state index contributed by atoms with van der Waals surface area (Å²) in [6, 6.07) is 11.3. The van der Waals surface area contributed by atoms with Gasteiger partial charge >= 0.3 is 0 Å². The largest absolute Gasteiger partial charge is 0.324 e. The molecule has 0 aliphatic carbocycles. The predicted molar refractivity (Wildman–Crippen MR) is 91.5 cm³/mol. The molecule has 23 heavy (non-hydrogen) atoms. The Hall–Kier alpha value is -2.34. The van der Waals surface area contributed by atoms with Gasteiger partial charge in [-0.3, -0.25) is 14.6 Å². The van der Waals surface area contributed by atoms with Crippen molar-refractivity contribution < 1.29 is 9.59 Å². The zero-order valence-corrected chi connectivity index (χ0v) is 13.5. The van der Waals surface area contributed by atoms with Crippen molar-refractivity contribution in [2.75, 3.05) is 23.0 Å². The normalized spacial score (nSPS) is 17.3. The fourth-order valence-electron chi connectivity index (χ4n) is 2.58. The Bertz CT molecular complexity index is 704. The highest BCUT2D eigenvalue weighted by Gasteiger charge is 2.35. The van der Waals surface area contributed by atoms with Crippen molar-refractivity contribution in [3.8, 4) is 0 Å². The number of pyridine rings is 1. The van der Waals surface area contributed by atoms with Crippen molar-refractivity contribution in [2.24, 2.45) is 5.92 Å². The Balaban J connectivity index is 1.67. The lowest BCUT2D eigenvalue weighted by Crippen LogP contribution is -2.28. The van der Waals surface area contributed by atoms with Gasteiger partial charge in [0.25, 0.3) is 0 Å². The number of amides is 2. The molecule has 2 heterocycles. The minimum absolute atomic E-state index is 0.0201. The van der Waals surface area contributed by atoms with Gasteiger partial charge in [0.1, 0.15) is 0 Å². The van der Waals surface area contributed by atoms with Crippen LogP contribution in [0.2, 0.25) is 0 Å². The summed E-state index contributed by atoms with van der Waals surface area (Å²) in [5.41, 5.74) is 1.48. The lowest BCUT2D eigenvalue weighted by atomic mass is 10.1. The number of thioether (sulfide) groups is 1. The number of benzene rings is 1. The highest BCUT2D eigenvalue weighted by atomic mass is 32.2. The summed E-state index contributed by atoms with van der Waals surface area (Å²) in [7, 11) is 0. The molecular weight excluding hydrogens is 310 g/mol. The lowest BCUT2D eigenvalue weighted by molar-refractivity contribution is -0.122. The molecule has 1 fully saturated rings. The second-order valence-corrected chi connectivity index (χ2v) is 6.21. The number of carbonyl (C=O) groups excluding carboxylic acids is 2. The molecule has 5 nitrogen and oxygen atoms in total. The van der Waals surface area contributed by atoms with Gasteiger partial charge in [-0.2, -0.15) is 0 Å². The third kappa shape index (κ3) is 3.53. The van der Waals surface area contributed by atoms with Crippen LogP contribution >= 0.6 is 11.8 Å². The lowest BCUT2D eigenvalue weighted by Gasteiger charge is -2.17. The predicted octanol–water partition coefficient (Wildman–Crippen LogP) is 2.80. The number of rotatable bonds is 4. The van der Waals surface area contributed by atoms with Gasteiger partial charge in [0.05, 0.1) is 17.8 Å². The van der Waals surface area contributed by atoms with Crippen LogP contribution < -0.4 is 10.2 Å². The molecule has 1 atom stereocenters. The number of anilines is 2. The number of aromatic nitrogens is 1. The van der Waals surface area contributed by atoms with E-state index in [1.807, 2.05) is 30.5 Å². The SMILES string of the molecule is CSc1ccc(N2CC(C(=O)Nc3cccnc3)CC2=O)cc1. The molecule has 1 aromatic carbocycles. The standard InChI is InChI=1S/C17H17N3O2S/c1-23-15-6-4-14(5-7-15)20-11-12(9-16(20)21)17(22)19-13-3-2-8-18-10-13/h2-8,10,12H,9,11H2,1H3,(H,19,22). The Morgan fingerprint density at radius 3 is 2.74 bits per heavy atom. The summed E-state index contributed by atoms with van der Waals surface area (Å²) in [5.74, 6) is -0.509. The van der Waals surface area contributed by atoms with E-state index >= 15 is 0 Å². The van der Waals surface area contributed by atoms with Crippen molar-refractivity contribution in [1.82, 2.24) is 4.98 Å². The number of nitrogens with zero attached hydrogens (tertiary/aromatic N) is 2. The molecule has 2 aromatic rings. The van der Waals surface area contributed by atoms with Gasteiger partial charge in [0.15, 0.2) is 0 Å². The van der Waals surface area contributed by atoms with Gasteiger partial charge in [-0.25, -0.2) is 0 Å². The van der Waals surface area contributed by atoms with Crippen LogP contribution in [0.4, 0.5) is 11.4 Å². The summed E-state index contributed by atoms with van der Waals surface area (Å²) >= 11 is 1.65. The first-order valence-electron chi connectivity index (χ1n) is 7.32. The maximum absolute atomic E-state index is 12.3. The topological polar surface area (TPSA) is 62.3 Å². The monoisotopic (exact) mass is 327 g/mol. The van der Waals surface area contributed by atoms with Crippen LogP contribution in [0.1, 0.15) is 6.42 Å². The van der Waals surface area contributed by atoms with Crippen molar-refractivity contribution in [3.05, 3.63) is 48.8 Å². The second kappa shape index (κ2) is 6.83. The van der Waals surface area contributed by atoms with Crippen molar-refractivity contribution >= 4 is 35.0 Å². The molecule has 0 saturated carbocycles. The van der Waals surface area contributed by atoms with Crippen molar-refractivity contribution in [2.45, 2.75) is 11.3 Å². The molecule has 2 amide bonds. The van der Waals surface area contributed by atoms with Gasteiger partial charge in [-0.15, -0.1) is 11.8 Å². The highest BCUT2D eigenvalue weighted by Crippen LogP contribution is 2.27. The van der Waals surface area contributed by atoms with E-state index in [9.17, 15) is 9.59 Å².